The van der Waals surface area contributed by atoms with E-state index in [4.69, 9.17) is 11.6 Å². The standard InChI is InChI=1S/C24H30ClN5O2S/c1-33(31,32)30-11-8-17(9-12-30)16-4-6-19(7-5-16)28-23-14-18(13-22(25)29-23)21-15-27-24-20(21)3-2-10-26-24/h2-3,10,13-17,19H,4-9,11-12H2,1H3,(H,26,27)(H,28,29). The molecular weight excluding hydrogens is 458 g/mol. The second kappa shape index (κ2) is 9.24. The highest BCUT2D eigenvalue weighted by atomic mass is 35.5. The molecule has 0 unspecified atom stereocenters. The first kappa shape index (κ1) is 22.6. The Kier molecular flexibility index (Phi) is 6.33. The second-order valence-electron chi connectivity index (χ2n) is 9.42. The summed E-state index contributed by atoms with van der Waals surface area (Å²) in [6.45, 7) is 1.33. The molecule has 1 aliphatic heterocycles. The topological polar surface area (TPSA) is 91.0 Å². The molecule has 9 heteroatoms. The molecule has 33 heavy (non-hydrogen) atoms. The highest BCUT2D eigenvalue weighted by Crippen LogP contribution is 2.37. The summed E-state index contributed by atoms with van der Waals surface area (Å²) in [5, 5.41) is 5.15. The van der Waals surface area contributed by atoms with Gasteiger partial charge in [-0.15, -0.1) is 0 Å². The Hall–Kier alpha value is -2.16. The van der Waals surface area contributed by atoms with Crippen LogP contribution in [-0.2, 0) is 10.0 Å². The van der Waals surface area contributed by atoms with Crippen LogP contribution in [0.1, 0.15) is 38.5 Å². The molecule has 3 aromatic heterocycles. The SMILES string of the molecule is CS(=O)(=O)N1CCC(C2CCC(Nc3cc(-c4c[nH]c5ncccc45)cc(Cl)n3)CC2)CC1. The van der Waals surface area contributed by atoms with Gasteiger partial charge in [0.05, 0.1) is 6.26 Å². The third-order valence-electron chi connectivity index (χ3n) is 7.31. The Morgan fingerprint density at radius 1 is 1.09 bits per heavy atom. The van der Waals surface area contributed by atoms with Gasteiger partial charge in [0.25, 0.3) is 0 Å². The zero-order chi connectivity index (χ0) is 23.0. The molecule has 0 spiro atoms. The normalized spacial score (nSPS) is 23.1. The van der Waals surface area contributed by atoms with E-state index in [1.807, 2.05) is 18.3 Å². The quantitative estimate of drug-likeness (QED) is 0.498. The summed E-state index contributed by atoms with van der Waals surface area (Å²) in [5.41, 5.74) is 2.94. The average Bonchev–Trinajstić information content (AvgIpc) is 3.23. The molecule has 176 valence electrons. The number of halogens is 1. The van der Waals surface area contributed by atoms with Gasteiger partial charge in [0.1, 0.15) is 16.6 Å². The van der Waals surface area contributed by atoms with Crippen molar-refractivity contribution in [3.63, 3.8) is 0 Å². The molecule has 1 saturated carbocycles. The van der Waals surface area contributed by atoms with Crippen LogP contribution in [0.3, 0.4) is 0 Å². The first-order chi connectivity index (χ1) is 15.9. The Morgan fingerprint density at radius 2 is 1.82 bits per heavy atom. The van der Waals surface area contributed by atoms with Gasteiger partial charge in [-0.1, -0.05) is 11.6 Å². The number of hydrogen-bond acceptors (Lipinski definition) is 5. The maximum Gasteiger partial charge on any atom is 0.211 e. The molecule has 0 aromatic carbocycles. The molecule has 7 nitrogen and oxygen atoms in total. The number of hydrogen-bond donors (Lipinski definition) is 2. The predicted molar refractivity (Wildman–Crippen MR) is 133 cm³/mol. The summed E-state index contributed by atoms with van der Waals surface area (Å²) in [6, 6.07) is 8.32. The summed E-state index contributed by atoms with van der Waals surface area (Å²) in [4.78, 5) is 12.1. The van der Waals surface area contributed by atoms with E-state index in [1.54, 1.807) is 10.5 Å². The van der Waals surface area contributed by atoms with E-state index in [9.17, 15) is 8.42 Å². The van der Waals surface area contributed by atoms with Crippen LogP contribution in [0.15, 0.2) is 36.7 Å². The van der Waals surface area contributed by atoms with Crippen LogP contribution in [-0.4, -0.2) is 53.1 Å². The van der Waals surface area contributed by atoms with Gasteiger partial charge in [-0.25, -0.2) is 22.7 Å². The number of anilines is 1. The van der Waals surface area contributed by atoms with Crippen LogP contribution < -0.4 is 5.32 Å². The number of rotatable bonds is 5. The fourth-order valence-electron chi connectivity index (χ4n) is 5.54. The maximum absolute atomic E-state index is 11.8. The van der Waals surface area contributed by atoms with Gasteiger partial charge in [0, 0.05) is 42.5 Å². The van der Waals surface area contributed by atoms with E-state index in [2.05, 4.69) is 32.4 Å². The summed E-state index contributed by atoms with van der Waals surface area (Å²) >= 11 is 6.38. The van der Waals surface area contributed by atoms with Crippen LogP contribution in [0, 0.1) is 11.8 Å². The molecule has 5 rings (SSSR count). The smallest absolute Gasteiger partial charge is 0.211 e. The zero-order valence-corrected chi connectivity index (χ0v) is 20.4. The molecule has 3 aromatic rings. The van der Waals surface area contributed by atoms with Gasteiger partial charge < -0.3 is 10.3 Å². The largest absolute Gasteiger partial charge is 0.367 e. The minimum Gasteiger partial charge on any atom is -0.367 e. The third-order valence-corrected chi connectivity index (χ3v) is 8.81. The Labute approximate surface area is 200 Å². The number of aromatic amines is 1. The number of pyridine rings is 2. The molecule has 4 heterocycles. The zero-order valence-electron chi connectivity index (χ0n) is 18.8. The number of sulfonamides is 1. The number of piperidine rings is 1. The summed E-state index contributed by atoms with van der Waals surface area (Å²) in [5.74, 6) is 2.13. The van der Waals surface area contributed by atoms with Crippen molar-refractivity contribution >= 4 is 38.5 Å². The van der Waals surface area contributed by atoms with Crippen molar-refractivity contribution in [2.45, 2.75) is 44.6 Å². The Balaban J connectivity index is 1.21. The molecule has 1 saturated heterocycles. The number of nitrogens with one attached hydrogen (secondary N) is 2. The molecule has 2 N–H and O–H groups in total. The molecule has 2 fully saturated rings. The van der Waals surface area contributed by atoms with Crippen LogP contribution >= 0.6 is 11.6 Å². The lowest BCUT2D eigenvalue weighted by Crippen LogP contribution is -2.40. The van der Waals surface area contributed by atoms with E-state index in [1.165, 1.54) is 19.1 Å². The Morgan fingerprint density at radius 3 is 2.55 bits per heavy atom. The molecular formula is C24H30ClN5O2S. The number of nitrogens with zero attached hydrogens (tertiary/aromatic N) is 3. The minimum atomic E-state index is -3.06. The Bertz CT molecular complexity index is 1230. The van der Waals surface area contributed by atoms with E-state index >= 15 is 0 Å². The minimum absolute atomic E-state index is 0.376. The van der Waals surface area contributed by atoms with Crippen molar-refractivity contribution in [2.75, 3.05) is 24.7 Å². The fraction of sp³-hybridized carbons (Fsp3) is 0.500. The van der Waals surface area contributed by atoms with Gasteiger partial charge in [-0.05, 0) is 80.2 Å². The average molecular weight is 488 g/mol. The summed E-state index contributed by atoms with van der Waals surface area (Å²) < 4.78 is 25.2. The number of H-pyrrole nitrogens is 1. The lowest BCUT2D eigenvalue weighted by molar-refractivity contribution is 0.167. The lowest BCUT2D eigenvalue weighted by Gasteiger charge is -2.38. The third kappa shape index (κ3) is 5.03. The van der Waals surface area contributed by atoms with Crippen LogP contribution in [0.2, 0.25) is 5.15 Å². The summed E-state index contributed by atoms with van der Waals surface area (Å²) in [6.07, 6.45) is 11.5. The van der Waals surface area contributed by atoms with Crippen molar-refractivity contribution < 1.29 is 8.42 Å². The van der Waals surface area contributed by atoms with E-state index in [0.29, 0.717) is 36.1 Å². The molecule has 0 atom stereocenters. The van der Waals surface area contributed by atoms with Crippen molar-refractivity contribution in [3.8, 4) is 11.1 Å². The van der Waals surface area contributed by atoms with Gasteiger partial charge in [-0.3, -0.25) is 0 Å². The van der Waals surface area contributed by atoms with Gasteiger partial charge in [0.2, 0.25) is 10.0 Å². The highest BCUT2D eigenvalue weighted by molar-refractivity contribution is 7.88. The monoisotopic (exact) mass is 487 g/mol. The highest BCUT2D eigenvalue weighted by Gasteiger charge is 2.32. The summed E-state index contributed by atoms with van der Waals surface area (Å²) in [7, 11) is -3.06. The molecule has 0 radical (unpaired) electrons. The first-order valence-corrected chi connectivity index (χ1v) is 13.9. The van der Waals surface area contributed by atoms with Gasteiger partial charge >= 0.3 is 0 Å². The van der Waals surface area contributed by atoms with Gasteiger partial charge in [-0.2, -0.15) is 0 Å². The van der Waals surface area contributed by atoms with Crippen molar-refractivity contribution in [2.24, 2.45) is 11.8 Å². The number of aromatic nitrogens is 3. The van der Waals surface area contributed by atoms with E-state index in [-0.39, 0.29) is 0 Å². The second-order valence-corrected chi connectivity index (χ2v) is 11.8. The maximum atomic E-state index is 11.8. The first-order valence-electron chi connectivity index (χ1n) is 11.7. The molecule has 1 aliphatic carbocycles. The number of fused-ring (bicyclic) bond motifs is 1. The van der Waals surface area contributed by atoms with Crippen molar-refractivity contribution in [1.82, 2.24) is 19.3 Å². The van der Waals surface area contributed by atoms with Crippen LogP contribution in [0.4, 0.5) is 5.82 Å². The van der Waals surface area contributed by atoms with Crippen LogP contribution in [0.25, 0.3) is 22.2 Å². The molecule has 2 aliphatic rings. The van der Waals surface area contributed by atoms with E-state index in [0.717, 1.165) is 53.7 Å². The molecule has 0 amide bonds. The fourth-order valence-corrected chi connectivity index (χ4v) is 6.63. The molecule has 0 bridgehead atoms. The predicted octanol–water partition coefficient (Wildman–Crippen LogP) is 4.92. The van der Waals surface area contributed by atoms with Crippen LogP contribution in [0.5, 0.6) is 0 Å². The van der Waals surface area contributed by atoms with Gasteiger partial charge in [0.15, 0.2) is 0 Å². The van der Waals surface area contributed by atoms with E-state index < -0.39 is 10.0 Å². The lowest BCUT2D eigenvalue weighted by atomic mass is 9.75. The van der Waals surface area contributed by atoms with Crippen molar-refractivity contribution in [1.29, 1.82) is 0 Å². The van der Waals surface area contributed by atoms with Crippen molar-refractivity contribution in [3.05, 3.63) is 41.8 Å².